The number of hydrogen-bond donors (Lipinski definition) is 3. The predicted octanol–water partition coefficient (Wildman–Crippen LogP) is 0.0402. The third kappa shape index (κ3) is 3.07. The first-order valence-electron chi connectivity index (χ1n) is 5.62. The first kappa shape index (κ1) is 11.7. The normalized spacial score (nSPS) is 16.5. The van der Waals surface area contributed by atoms with Crippen molar-refractivity contribution in [2.75, 3.05) is 13.1 Å². The van der Waals surface area contributed by atoms with E-state index in [2.05, 4.69) is 16.2 Å². The lowest BCUT2D eigenvalue weighted by atomic mass is 9.98. The maximum Gasteiger partial charge on any atom is 0.305 e. The molecule has 0 unspecified atom stereocenters. The van der Waals surface area contributed by atoms with Gasteiger partial charge in [-0.2, -0.15) is 0 Å². The van der Waals surface area contributed by atoms with E-state index < -0.39 is 5.91 Å². The maximum atomic E-state index is 11.7. The maximum absolute atomic E-state index is 11.7. The highest BCUT2D eigenvalue weighted by Gasteiger charge is 2.21. The summed E-state index contributed by atoms with van der Waals surface area (Å²) in [6.45, 7) is 1.68. The van der Waals surface area contributed by atoms with Crippen molar-refractivity contribution in [1.29, 1.82) is 0 Å². The number of hydrazine groups is 1. The molecule has 0 saturated carbocycles. The molecule has 0 aliphatic carbocycles. The molecule has 1 aromatic heterocycles. The Morgan fingerprint density at radius 2 is 2.06 bits per heavy atom. The van der Waals surface area contributed by atoms with Crippen LogP contribution in [0.25, 0.3) is 0 Å². The summed E-state index contributed by atoms with van der Waals surface area (Å²) in [4.78, 5) is 23.1. The second-order valence-corrected chi connectivity index (χ2v) is 3.94. The van der Waals surface area contributed by atoms with Gasteiger partial charge in [0.25, 0.3) is 0 Å². The molecule has 1 saturated heterocycles. The third-order valence-electron chi connectivity index (χ3n) is 2.75. The molecule has 0 spiro atoms. The summed E-state index contributed by atoms with van der Waals surface area (Å²) in [7, 11) is 0. The second-order valence-electron chi connectivity index (χ2n) is 3.94. The van der Waals surface area contributed by atoms with Gasteiger partial charge in [-0.15, -0.1) is 0 Å². The van der Waals surface area contributed by atoms with E-state index >= 15 is 0 Å². The minimum absolute atomic E-state index is 0.0341. The number of hydrogen-bond acceptors (Lipinski definition) is 4. The zero-order chi connectivity index (χ0) is 12.1. The Kier molecular flexibility index (Phi) is 3.77. The van der Waals surface area contributed by atoms with Crippen LogP contribution in [0.4, 0.5) is 0 Å². The molecule has 3 N–H and O–H groups in total. The Labute approximate surface area is 98.7 Å². The van der Waals surface area contributed by atoms with E-state index in [4.69, 9.17) is 4.42 Å². The number of carbonyl (C=O) groups excluding carboxylic acids is 2. The number of furan rings is 1. The fraction of sp³-hybridized carbons (Fsp3) is 0.455. The van der Waals surface area contributed by atoms with E-state index in [-0.39, 0.29) is 17.6 Å². The van der Waals surface area contributed by atoms with E-state index in [1.807, 2.05) is 0 Å². The van der Waals surface area contributed by atoms with Crippen LogP contribution in [-0.2, 0) is 4.79 Å². The summed E-state index contributed by atoms with van der Waals surface area (Å²) in [6, 6.07) is 3.15. The minimum Gasteiger partial charge on any atom is -0.459 e. The molecule has 1 aliphatic rings. The average Bonchev–Trinajstić information content (AvgIpc) is 2.90. The molecule has 0 bridgehead atoms. The first-order chi connectivity index (χ1) is 8.27. The van der Waals surface area contributed by atoms with Crippen LogP contribution in [-0.4, -0.2) is 24.9 Å². The summed E-state index contributed by atoms with van der Waals surface area (Å²) in [6.07, 6.45) is 2.99. The first-order valence-corrected chi connectivity index (χ1v) is 5.62. The third-order valence-corrected chi connectivity index (χ3v) is 2.75. The number of amides is 2. The van der Waals surface area contributed by atoms with E-state index in [0.29, 0.717) is 0 Å². The Balaban J connectivity index is 1.77. The van der Waals surface area contributed by atoms with Gasteiger partial charge in [0.2, 0.25) is 5.91 Å². The Morgan fingerprint density at radius 3 is 2.71 bits per heavy atom. The van der Waals surface area contributed by atoms with Crippen molar-refractivity contribution in [3.05, 3.63) is 24.2 Å². The van der Waals surface area contributed by atoms with Crippen molar-refractivity contribution >= 4 is 11.8 Å². The van der Waals surface area contributed by atoms with Crippen LogP contribution in [0, 0.1) is 5.92 Å². The molecule has 1 aromatic rings. The smallest absolute Gasteiger partial charge is 0.305 e. The van der Waals surface area contributed by atoms with Crippen molar-refractivity contribution < 1.29 is 14.0 Å². The molecule has 0 atom stereocenters. The molecule has 2 heterocycles. The summed E-state index contributed by atoms with van der Waals surface area (Å²) >= 11 is 0. The minimum atomic E-state index is -0.447. The summed E-state index contributed by atoms with van der Waals surface area (Å²) < 4.78 is 4.90. The zero-order valence-corrected chi connectivity index (χ0v) is 9.36. The molecule has 0 aromatic carbocycles. The van der Waals surface area contributed by atoms with Crippen molar-refractivity contribution in [3.63, 3.8) is 0 Å². The van der Waals surface area contributed by atoms with Gasteiger partial charge in [-0.1, -0.05) is 0 Å². The number of piperidine rings is 1. The van der Waals surface area contributed by atoms with Gasteiger partial charge < -0.3 is 9.73 Å². The van der Waals surface area contributed by atoms with Crippen molar-refractivity contribution in [3.8, 4) is 0 Å². The Morgan fingerprint density at radius 1 is 1.29 bits per heavy atom. The highest BCUT2D eigenvalue weighted by molar-refractivity contribution is 5.93. The predicted molar refractivity (Wildman–Crippen MR) is 59.9 cm³/mol. The number of nitrogens with one attached hydrogen (secondary N) is 3. The summed E-state index contributed by atoms with van der Waals surface area (Å²) in [5.41, 5.74) is 4.74. The average molecular weight is 237 g/mol. The van der Waals surface area contributed by atoms with Gasteiger partial charge in [0.1, 0.15) is 0 Å². The Bertz CT molecular complexity index is 383. The van der Waals surface area contributed by atoms with Crippen LogP contribution in [0.2, 0.25) is 0 Å². The molecule has 1 aliphatic heterocycles. The van der Waals surface area contributed by atoms with Crippen LogP contribution >= 0.6 is 0 Å². The molecular weight excluding hydrogens is 222 g/mol. The van der Waals surface area contributed by atoms with Crippen LogP contribution < -0.4 is 16.2 Å². The SMILES string of the molecule is O=C(NNC(=O)C1CCNCC1)c1ccco1. The van der Waals surface area contributed by atoms with Gasteiger partial charge in [0, 0.05) is 5.92 Å². The monoisotopic (exact) mass is 237 g/mol. The van der Waals surface area contributed by atoms with Crippen molar-refractivity contribution in [1.82, 2.24) is 16.2 Å². The fourth-order valence-electron chi connectivity index (χ4n) is 1.77. The zero-order valence-electron chi connectivity index (χ0n) is 9.36. The van der Waals surface area contributed by atoms with Gasteiger partial charge in [-0.25, -0.2) is 0 Å². The highest BCUT2D eigenvalue weighted by atomic mass is 16.3. The van der Waals surface area contributed by atoms with Gasteiger partial charge >= 0.3 is 5.91 Å². The van der Waals surface area contributed by atoms with Crippen LogP contribution in [0.5, 0.6) is 0 Å². The molecule has 0 radical (unpaired) electrons. The standard InChI is InChI=1S/C11H15N3O3/c15-10(8-3-5-12-6-4-8)13-14-11(16)9-2-1-7-17-9/h1-2,7-8,12H,3-6H2,(H,13,15)(H,14,16). The Hall–Kier alpha value is -1.82. The lowest BCUT2D eigenvalue weighted by molar-refractivity contribution is -0.126. The molecule has 17 heavy (non-hydrogen) atoms. The van der Waals surface area contributed by atoms with E-state index in [1.165, 1.54) is 12.3 Å². The van der Waals surface area contributed by atoms with Crippen LogP contribution in [0.15, 0.2) is 22.8 Å². The molecule has 6 heteroatoms. The van der Waals surface area contributed by atoms with Crippen molar-refractivity contribution in [2.45, 2.75) is 12.8 Å². The van der Waals surface area contributed by atoms with Crippen LogP contribution in [0.3, 0.4) is 0 Å². The van der Waals surface area contributed by atoms with E-state index in [0.717, 1.165) is 25.9 Å². The van der Waals surface area contributed by atoms with Gasteiger partial charge in [-0.05, 0) is 38.1 Å². The summed E-state index contributed by atoms with van der Waals surface area (Å²) in [5, 5.41) is 3.17. The topological polar surface area (TPSA) is 83.4 Å². The van der Waals surface area contributed by atoms with E-state index in [9.17, 15) is 9.59 Å². The lowest BCUT2D eigenvalue weighted by Gasteiger charge is -2.21. The van der Waals surface area contributed by atoms with Crippen LogP contribution in [0.1, 0.15) is 23.4 Å². The quantitative estimate of drug-likeness (QED) is 0.634. The molecule has 2 rings (SSSR count). The molecule has 92 valence electrons. The van der Waals surface area contributed by atoms with Crippen molar-refractivity contribution in [2.24, 2.45) is 5.92 Å². The lowest BCUT2D eigenvalue weighted by Crippen LogP contribution is -2.46. The largest absolute Gasteiger partial charge is 0.459 e. The fourth-order valence-corrected chi connectivity index (χ4v) is 1.77. The van der Waals surface area contributed by atoms with E-state index in [1.54, 1.807) is 6.07 Å². The van der Waals surface area contributed by atoms with Gasteiger partial charge in [-0.3, -0.25) is 20.4 Å². The second kappa shape index (κ2) is 5.49. The number of carbonyl (C=O) groups is 2. The van der Waals surface area contributed by atoms with Gasteiger partial charge in [0.15, 0.2) is 5.76 Å². The molecule has 1 fully saturated rings. The molecular formula is C11H15N3O3. The van der Waals surface area contributed by atoms with Gasteiger partial charge in [0.05, 0.1) is 6.26 Å². The number of rotatable bonds is 2. The summed E-state index contributed by atoms with van der Waals surface area (Å²) in [5.74, 6) is -0.451. The molecule has 2 amide bonds. The highest BCUT2D eigenvalue weighted by Crippen LogP contribution is 2.10. The molecule has 6 nitrogen and oxygen atoms in total.